The molecule has 0 rings (SSSR count). The first-order chi connectivity index (χ1) is 60.2. The van der Waals surface area contributed by atoms with Crippen molar-refractivity contribution in [1.29, 1.82) is 0 Å². The van der Waals surface area contributed by atoms with Crippen LogP contribution in [-0.4, -0.2) is 95.9 Å². The van der Waals surface area contributed by atoms with Gasteiger partial charge in [-0.15, -0.1) is 0 Å². The highest BCUT2D eigenvalue weighted by Crippen LogP contribution is 2.45. The van der Waals surface area contributed by atoms with Gasteiger partial charge in [0.25, 0.3) is 0 Å². The zero-order chi connectivity index (χ0) is 89.3. The van der Waals surface area contributed by atoms with Crippen LogP contribution >= 0.6 is 15.6 Å². The van der Waals surface area contributed by atoms with E-state index in [-0.39, 0.29) is 19.3 Å². The van der Waals surface area contributed by atoms with E-state index in [0.29, 0.717) is 19.3 Å². The Morgan fingerprint density at radius 3 is 0.683 bits per heavy atom. The molecule has 0 spiro atoms. The van der Waals surface area contributed by atoms with E-state index in [2.05, 4.69) is 203 Å². The van der Waals surface area contributed by atoms with Crippen LogP contribution in [0.2, 0.25) is 0 Å². The molecule has 5 unspecified atom stereocenters. The minimum Gasteiger partial charge on any atom is -0.463 e. The van der Waals surface area contributed by atoms with Gasteiger partial charge in [-0.3, -0.25) is 32.5 Å². The third-order valence-electron chi connectivity index (χ3n) is 20.6. The van der Waals surface area contributed by atoms with Gasteiger partial charge < -0.3 is 34.2 Å². The molecule has 0 aliphatic heterocycles. The average Bonchev–Trinajstić information content (AvgIpc) is 0.897. The number of phosphoric acid groups is 2. The summed E-state index contributed by atoms with van der Waals surface area (Å²) in [6, 6.07) is 0. The Bertz CT molecular complexity index is 2970. The molecular weight excluding hydrogens is 1580 g/mol. The lowest BCUT2D eigenvalue weighted by molar-refractivity contribution is -0.161. The molecule has 0 aromatic rings. The number of esters is 3. The number of carbonyl (C=O) groups excluding carboxylic acids is 3. The number of ether oxygens (including phenoxy) is 3. The maximum Gasteiger partial charge on any atom is 0.472 e. The highest BCUT2D eigenvalue weighted by Gasteiger charge is 2.30. The van der Waals surface area contributed by atoms with E-state index >= 15 is 0 Å². The molecule has 18 heteroatoms. The Morgan fingerprint density at radius 1 is 0.236 bits per heavy atom. The third-order valence-corrected chi connectivity index (χ3v) is 22.5. The summed E-state index contributed by atoms with van der Waals surface area (Å²) >= 11 is 0. The Labute approximate surface area is 751 Å². The Hall–Kier alpha value is -5.35. The molecule has 4 N–H and O–H groups in total. The smallest absolute Gasteiger partial charge is 0.463 e. The number of rotatable bonds is 92. The molecule has 0 saturated heterocycles. The highest BCUT2D eigenvalue weighted by atomic mass is 31.2. The van der Waals surface area contributed by atoms with Gasteiger partial charge in [-0.25, -0.2) is 9.13 Å². The van der Waals surface area contributed by atoms with E-state index in [1.165, 1.54) is 161 Å². The van der Waals surface area contributed by atoms with Gasteiger partial charge in [0.05, 0.1) is 26.4 Å². The number of unbranched alkanes of at least 4 members (excludes halogenated alkanes) is 39. The summed E-state index contributed by atoms with van der Waals surface area (Å²) in [5.41, 5.74) is 0. The zero-order valence-corrected chi connectivity index (χ0v) is 79.6. The van der Waals surface area contributed by atoms with E-state index < -0.39 is 91.5 Å². The van der Waals surface area contributed by atoms with Crippen LogP contribution in [0.3, 0.4) is 0 Å². The molecule has 16 nitrogen and oxygen atoms in total. The molecule has 123 heavy (non-hydrogen) atoms. The fourth-order valence-corrected chi connectivity index (χ4v) is 14.8. The van der Waals surface area contributed by atoms with Crippen LogP contribution in [0.5, 0.6) is 0 Å². The second-order valence-corrected chi connectivity index (χ2v) is 35.4. The molecule has 0 amide bonds. The highest BCUT2D eigenvalue weighted by molar-refractivity contribution is 7.47. The topological polar surface area (TPSA) is 231 Å². The first-order valence-corrected chi connectivity index (χ1v) is 52.1. The van der Waals surface area contributed by atoms with Gasteiger partial charge in [0, 0.05) is 19.3 Å². The molecule has 704 valence electrons. The SMILES string of the molecule is CC/C=C\C/C=C\C/C=C\C/C=C\C/C=C\C/C=C\CCCCCCCCCCC(=O)OC(COC(=O)CCCCCCCCCCCCCCC/C=C\C/C=C\C/C=C\C/C=C\CCCCC)COP(=O)(O)OCC(O)COP(=O)(O)OCC(O)COC(=O)CCCCCCCCCCCCCCCCC/C=C\C/C=C\C/C=C\C/C=C\C/C=C\CC. The van der Waals surface area contributed by atoms with E-state index in [0.717, 1.165) is 186 Å². The standard InChI is InChI=1S/C105H178O16P2/c1-4-7-10-13-16-19-22-25-28-31-34-37-40-43-46-48-49-51-54-55-58-61-64-67-70-73-76-79-82-85-88-91-103(108)115-94-100(106)95-117-122(111,112)118-96-101(107)97-119-123(113,114)120-99-102(121-105(110)93-90-87-84-81-78-75-72-69-66-63-60-57-52-45-42-39-36-33-30-27-24-21-18-15-12-9-6-3)98-116-104(109)92-89-86-83-80-77-74-71-68-65-62-59-56-53-50-47-44-41-38-35-32-29-26-23-20-17-14-11-8-5-2/h7,9-10,12,16-21,25-30,34-39,43-47,52,60,63,100-102,106-107H,4-6,8,11,13-15,22-24,31-33,40-42,48-51,53-59,61-62,64-99H2,1-3H3,(H,111,112)(H,113,114)/b10-7-,12-9-,19-16-,20-17-,21-18-,28-25-,29-26-,30-27-,37-34-,38-35-,39-36-,46-43-,47-44-,52-45-,63-60-. The van der Waals surface area contributed by atoms with Crippen molar-refractivity contribution < 1.29 is 75.8 Å². The zero-order valence-electron chi connectivity index (χ0n) is 77.8. The van der Waals surface area contributed by atoms with Crippen molar-refractivity contribution >= 4 is 33.6 Å². The van der Waals surface area contributed by atoms with Gasteiger partial charge in [0.15, 0.2) is 6.10 Å². The Morgan fingerprint density at radius 2 is 0.431 bits per heavy atom. The van der Waals surface area contributed by atoms with Gasteiger partial charge in [0.1, 0.15) is 25.4 Å². The monoisotopic (exact) mass is 1760 g/mol. The number of aliphatic hydroxyl groups is 2. The number of hydrogen-bond acceptors (Lipinski definition) is 14. The van der Waals surface area contributed by atoms with Crippen LogP contribution in [0.1, 0.15) is 406 Å². The van der Waals surface area contributed by atoms with Crippen LogP contribution < -0.4 is 0 Å². The van der Waals surface area contributed by atoms with Crippen molar-refractivity contribution in [2.75, 3.05) is 39.6 Å². The first-order valence-electron chi connectivity index (χ1n) is 49.1. The van der Waals surface area contributed by atoms with Crippen LogP contribution in [0.4, 0.5) is 0 Å². The molecule has 0 saturated carbocycles. The number of carbonyl (C=O) groups is 3. The van der Waals surface area contributed by atoms with Gasteiger partial charge in [-0.05, 0) is 161 Å². The lowest BCUT2D eigenvalue weighted by Gasteiger charge is -2.21. The normalized spacial score (nSPS) is 14.5. The summed E-state index contributed by atoms with van der Waals surface area (Å²) in [5.74, 6) is -1.58. The second kappa shape index (κ2) is 95.7. The number of hydrogen-bond donors (Lipinski definition) is 4. The Kier molecular flexibility index (Phi) is 91.6. The summed E-state index contributed by atoms with van der Waals surface area (Å²) in [7, 11) is -9.82. The van der Waals surface area contributed by atoms with Crippen LogP contribution in [0.25, 0.3) is 0 Å². The molecule has 5 atom stereocenters. The van der Waals surface area contributed by atoms with Gasteiger partial charge >= 0.3 is 33.6 Å². The number of aliphatic hydroxyl groups excluding tert-OH is 2. The molecular formula is C105H178O16P2. The van der Waals surface area contributed by atoms with Gasteiger partial charge in [0.2, 0.25) is 0 Å². The average molecular weight is 1760 g/mol. The molecule has 0 aliphatic carbocycles. The lowest BCUT2D eigenvalue weighted by Crippen LogP contribution is -2.30. The maximum absolute atomic E-state index is 13.1. The molecule has 0 aromatic carbocycles. The molecule has 0 bridgehead atoms. The Balaban J connectivity index is 4.65. The lowest BCUT2D eigenvalue weighted by atomic mass is 10.0. The van der Waals surface area contributed by atoms with Gasteiger partial charge in [-0.1, -0.05) is 409 Å². The first kappa shape index (κ1) is 118. The van der Waals surface area contributed by atoms with Crippen molar-refractivity contribution in [3.63, 3.8) is 0 Å². The quantitative estimate of drug-likeness (QED) is 0.0146. The molecule has 0 radical (unpaired) electrons. The summed E-state index contributed by atoms with van der Waals surface area (Å²) in [6.07, 6.45) is 126. The van der Waals surface area contributed by atoms with E-state index in [1.54, 1.807) is 0 Å². The fourth-order valence-electron chi connectivity index (χ4n) is 13.2. The van der Waals surface area contributed by atoms with Crippen LogP contribution in [0, 0.1) is 0 Å². The molecule has 0 aliphatic rings. The fraction of sp³-hybridized carbons (Fsp3) is 0.686. The van der Waals surface area contributed by atoms with Gasteiger partial charge in [-0.2, -0.15) is 0 Å². The molecule has 0 fully saturated rings. The maximum atomic E-state index is 13.1. The number of phosphoric ester groups is 2. The number of allylic oxidation sites excluding steroid dienone is 30. The van der Waals surface area contributed by atoms with Crippen molar-refractivity contribution in [1.82, 2.24) is 0 Å². The molecule has 0 aromatic heterocycles. The summed E-state index contributed by atoms with van der Waals surface area (Å²) < 4.78 is 61.6. The van der Waals surface area contributed by atoms with Crippen molar-refractivity contribution in [2.24, 2.45) is 0 Å². The van der Waals surface area contributed by atoms with Crippen LogP contribution in [0.15, 0.2) is 182 Å². The third kappa shape index (κ3) is 97.1. The second-order valence-electron chi connectivity index (χ2n) is 32.5. The summed E-state index contributed by atoms with van der Waals surface area (Å²) in [4.78, 5) is 59.2. The minimum absolute atomic E-state index is 0.0894. The minimum atomic E-state index is -4.95. The van der Waals surface area contributed by atoms with Crippen LogP contribution in [-0.2, 0) is 55.8 Å². The van der Waals surface area contributed by atoms with Crippen molar-refractivity contribution in [2.45, 2.75) is 424 Å². The predicted octanol–water partition coefficient (Wildman–Crippen LogP) is 30.8. The largest absolute Gasteiger partial charge is 0.472 e. The summed E-state index contributed by atoms with van der Waals surface area (Å²) in [6.45, 7) is 2.47. The molecule has 0 heterocycles. The van der Waals surface area contributed by atoms with Crippen molar-refractivity contribution in [3.8, 4) is 0 Å². The van der Waals surface area contributed by atoms with Crippen molar-refractivity contribution in [3.05, 3.63) is 182 Å². The predicted molar refractivity (Wildman–Crippen MR) is 518 cm³/mol. The summed E-state index contributed by atoms with van der Waals surface area (Å²) in [5, 5.41) is 20.8. The van der Waals surface area contributed by atoms with E-state index in [9.17, 15) is 43.5 Å². The van der Waals surface area contributed by atoms with E-state index in [4.69, 9.17) is 32.3 Å². The van der Waals surface area contributed by atoms with E-state index in [1.807, 2.05) is 0 Å².